The van der Waals surface area contributed by atoms with E-state index in [1.807, 2.05) is 0 Å². The van der Waals surface area contributed by atoms with Gasteiger partial charge in [-0.3, -0.25) is 9.59 Å². The maximum Gasteiger partial charge on any atom is 0.310 e. The summed E-state index contributed by atoms with van der Waals surface area (Å²) in [6.07, 6.45) is 5.04. The number of hydrogen-bond acceptors (Lipinski definition) is 5. The van der Waals surface area contributed by atoms with Crippen LogP contribution < -0.4 is 0 Å². The third-order valence-electron chi connectivity index (χ3n) is 7.67. The summed E-state index contributed by atoms with van der Waals surface area (Å²) < 4.78 is 11.4. The van der Waals surface area contributed by atoms with Gasteiger partial charge in [0, 0.05) is 11.8 Å². The van der Waals surface area contributed by atoms with Crippen LogP contribution >= 0.6 is 0 Å². The Bertz CT molecular complexity index is 574. The molecule has 5 rings (SSSR count). The highest BCUT2D eigenvalue weighted by Gasteiger charge is 2.69. The van der Waals surface area contributed by atoms with Gasteiger partial charge in [-0.05, 0) is 50.4 Å². The van der Waals surface area contributed by atoms with Crippen molar-refractivity contribution in [3.63, 3.8) is 0 Å². The van der Waals surface area contributed by atoms with Crippen molar-refractivity contribution >= 4 is 11.9 Å². The van der Waals surface area contributed by atoms with Gasteiger partial charge in [-0.1, -0.05) is 6.92 Å². The molecular formula is C18H24O5. The second kappa shape index (κ2) is 4.50. The molecule has 0 spiro atoms. The second-order valence-corrected chi connectivity index (χ2v) is 8.43. The van der Waals surface area contributed by atoms with Gasteiger partial charge < -0.3 is 14.6 Å². The number of fused-ring (bicyclic) bond motifs is 3. The number of carbonyl (C=O) groups excluding carboxylic acids is 2. The smallest absolute Gasteiger partial charge is 0.310 e. The molecule has 0 aromatic carbocycles. The molecule has 1 heterocycles. The van der Waals surface area contributed by atoms with Crippen molar-refractivity contribution in [2.45, 2.75) is 63.3 Å². The lowest BCUT2D eigenvalue weighted by atomic mass is 9.77. The largest absolute Gasteiger partial charge is 0.459 e. The fourth-order valence-corrected chi connectivity index (χ4v) is 6.63. The average molecular weight is 320 g/mol. The Morgan fingerprint density at radius 3 is 2.83 bits per heavy atom. The van der Waals surface area contributed by atoms with Crippen LogP contribution in [-0.2, 0) is 19.1 Å². The molecule has 23 heavy (non-hydrogen) atoms. The standard InChI is InChI=1S/C18H24O5/c1-2-18(7-8-3-4-9(18)5-8)23-17(21)12-10-6-11-13(12)16(20)22-15(11)14(10)19/h8-15,19H,2-7H2,1H3. The van der Waals surface area contributed by atoms with Crippen LogP contribution in [0.2, 0.25) is 0 Å². The molecule has 4 bridgehead atoms. The van der Waals surface area contributed by atoms with Crippen molar-refractivity contribution < 1.29 is 24.2 Å². The predicted molar refractivity (Wildman–Crippen MR) is 79.0 cm³/mol. The minimum atomic E-state index is -0.696. The van der Waals surface area contributed by atoms with Crippen LogP contribution in [-0.4, -0.2) is 34.9 Å². The molecule has 0 aromatic rings. The van der Waals surface area contributed by atoms with Gasteiger partial charge in [0.25, 0.3) is 0 Å². The first-order chi connectivity index (χ1) is 11.0. The zero-order chi connectivity index (χ0) is 15.9. The molecule has 5 nitrogen and oxygen atoms in total. The molecule has 1 saturated heterocycles. The Labute approximate surface area is 135 Å². The molecule has 1 aliphatic heterocycles. The first-order valence-electron chi connectivity index (χ1n) is 9.15. The van der Waals surface area contributed by atoms with Crippen LogP contribution in [0.5, 0.6) is 0 Å². The maximum absolute atomic E-state index is 13.0. The monoisotopic (exact) mass is 320 g/mol. The fourth-order valence-electron chi connectivity index (χ4n) is 6.63. The van der Waals surface area contributed by atoms with E-state index in [-0.39, 0.29) is 41.4 Å². The van der Waals surface area contributed by atoms with E-state index in [0.29, 0.717) is 18.3 Å². The molecule has 5 fully saturated rings. The third-order valence-corrected chi connectivity index (χ3v) is 7.67. The van der Waals surface area contributed by atoms with Crippen molar-refractivity contribution in [2.75, 3.05) is 0 Å². The van der Waals surface area contributed by atoms with Crippen molar-refractivity contribution in [1.82, 2.24) is 0 Å². The Kier molecular flexibility index (Phi) is 2.79. The highest BCUT2D eigenvalue weighted by Crippen LogP contribution is 2.59. The summed E-state index contributed by atoms with van der Waals surface area (Å²) in [5, 5.41) is 10.3. The van der Waals surface area contributed by atoms with E-state index >= 15 is 0 Å². The van der Waals surface area contributed by atoms with Crippen LogP contribution in [0.25, 0.3) is 0 Å². The lowest BCUT2D eigenvalue weighted by molar-refractivity contribution is -0.177. The molecule has 9 unspecified atom stereocenters. The SMILES string of the molecule is CCC1(OC(=O)C2C3CC4C(OC(=O)C42)C3O)CC2CCC1C2. The summed E-state index contributed by atoms with van der Waals surface area (Å²) in [7, 11) is 0. The number of ether oxygens (including phenoxy) is 2. The van der Waals surface area contributed by atoms with Crippen molar-refractivity contribution in [1.29, 1.82) is 0 Å². The summed E-state index contributed by atoms with van der Waals surface area (Å²) in [4.78, 5) is 25.1. The Balaban J connectivity index is 1.40. The summed E-state index contributed by atoms with van der Waals surface area (Å²) in [6, 6.07) is 0. The van der Waals surface area contributed by atoms with Gasteiger partial charge in [-0.25, -0.2) is 0 Å². The quantitative estimate of drug-likeness (QED) is 0.801. The number of aliphatic hydroxyl groups is 1. The lowest BCUT2D eigenvalue weighted by Crippen LogP contribution is -2.46. The first-order valence-corrected chi connectivity index (χ1v) is 9.15. The topological polar surface area (TPSA) is 72.8 Å². The minimum Gasteiger partial charge on any atom is -0.459 e. The van der Waals surface area contributed by atoms with Crippen LogP contribution in [0, 0.1) is 35.5 Å². The fraction of sp³-hybridized carbons (Fsp3) is 0.889. The Morgan fingerprint density at radius 1 is 1.35 bits per heavy atom. The molecule has 126 valence electrons. The molecule has 4 aliphatic carbocycles. The van der Waals surface area contributed by atoms with Gasteiger partial charge in [0.15, 0.2) is 0 Å². The Morgan fingerprint density at radius 2 is 2.17 bits per heavy atom. The van der Waals surface area contributed by atoms with E-state index in [1.165, 1.54) is 12.8 Å². The van der Waals surface area contributed by atoms with Crippen LogP contribution in [0.1, 0.15) is 45.4 Å². The van der Waals surface area contributed by atoms with E-state index in [9.17, 15) is 14.7 Å². The second-order valence-electron chi connectivity index (χ2n) is 8.43. The van der Waals surface area contributed by atoms with Crippen LogP contribution in [0.4, 0.5) is 0 Å². The molecule has 0 radical (unpaired) electrons. The van der Waals surface area contributed by atoms with Crippen LogP contribution in [0.15, 0.2) is 0 Å². The van der Waals surface area contributed by atoms with Gasteiger partial charge in [0.2, 0.25) is 0 Å². The summed E-state index contributed by atoms with van der Waals surface area (Å²) in [5.41, 5.74) is -0.325. The van der Waals surface area contributed by atoms with Crippen molar-refractivity contribution in [2.24, 2.45) is 35.5 Å². The Hall–Kier alpha value is -1.10. The molecule has 4 saturated carbocycles. The molecule has 9 atom stereocenters. The molecule has 1 N–H and O–H groups in total. The first kappa shape index (κ1) is 14.3. The number of aliphatic hydroxyl groups excluding tert-OH is 1. The average Bonchev–Trinajstić information content (AvgIpc) is 3.28. The van der Waals surface area contributed by atoms with Crippen LogP contribution in [0.3, 0.4) is 0 Å². The van der Waals surface area contributed by atoms with E-state index in [1.54, 1.807) is 0 Å². The molecule has 0 aromatic heterocycles. The predicted octanol–water partition coefficient (Wildman–Crippen LogP) is 1.67. The zero-order valence-corrected chi connectivity index (χ0v) is 13.4. The van der Waals surface area contributed by atoms with E-state index in [0.717, 1.165) is 19.3 Å². The number of rotatable bonds is 3. The van der Waals surface area contributed by atoms with E-state index < -0.39 is 12.0 Å². The van der Waals surface area contributed by atoms with Crippen molar-refractivity contribution in [3.8, 4) is 0 Å². The number of hydrogen-bond donors (Lipinski definition) is 1. The zero-order valence-electron chi connectivity index (χ0n) is 13.4. The normalized spacial score (nSPS) is 55.5. The number of esters is 2. The van der Waals surface area contributed by atoms with Crippen molar-refractivity contribution in [3.05, 3.63) is 0 Å². The van der Waals surface area contributed by atoms with Gasteiger partial charge in [-0.15, -0.1) is 0 Å². The molecule has 0 amide bonds. The van der Waals surface area contributed by atoms with Gasteiger partial charge >= 0.3 is 11.9 Å². The molecule has 5 aliphatic rings. The third kappa shape index (κ3) is 1.67. The van der Waals surface area contributed by atoms with Gasteiger partial charge in [0.05, 0.1) is 17.9 Å². The maximum atomic E-state index is 13.0. The van der Waals surface area contributed by atoms with Gasteiger partial charge in [-0.2, -0.15) is 0 Å². The summed E-state index contributed by atoms with van der Waals surface area (Å²) in [5.74, 6) is -0.420. The highest BCUT2D eigenvalue weighted by molar-refractivity contribution is 5.86. The molecule has 5 heteroatoms. The summed E-state index contributed by atoms with van der Waals surface area (Å²) >= 11 is 0. The molecular weight excluding hydrogens is 296 g/mol. The van der Waals surface area contributed by atoms with E-state index in [4.69, 9.17) is 9.47 Å². The summed E-state index contributed by atoms with van der Waals surface area (Å²) in [6.45, 7) is 2.10. The minimum absolute atomic E-state index is 0.0117. The van der Waals surface area contributed by atoms with Gasteiger partial charge in [0.1, 0.15) is 11.7 Å². The highest BCUT2D eigenvalue weighted by atomic mass is 16.6. The van der Waals surface area contributed by atoms with E-state index in [2.05, 4.69) is 6.92 Å². The number of carbonyl (C=O) groups is 2. The lowest BCUT2D eigenvalue weighted by Gasteiger charge is -2.38.